The number of halogens is 1. The van der Waals surface area contributed by atoms with Crippen LogP contribution in [0.2, 0.25) is 0 Å². The van der Waals surface area contributed by atoms with E-state index in [1.165, 1.54) is 0 Å². The largest absolute Gasteiger partial charge is 0.284 e. The fourth-order valence-corrected chi connectivity index (χ4v) is 0.247. The van der Waals surface area contributed by atoms with Crippen molar-refractivity contribution < 1.29 is 4.79 Å². The van der Waals surface area contributed by atoms with E-state index in [1.54, 1.807) is 6.92 Å². The second kappa shape index (κ2) is 2.81. The highest BCUT2D eigenvalue weighted by Crippen LogP contribution is 1.95. The summed E-state index contributed by atoms with van der Waals surface area (Å²) < 4.78 is 0. The minimum Gasteiger partial charge on any atom is -0.284 e. The first-order valence-corrected chi connectivity index (χ1v) is 2.74. The number of rotatable bonds is 1. The third-order valence-corrected chi connectivity index (χ3v) is 0.919. The molecule has 0 bridgehead atoms. The van der Waals surface area contributed by atoms with Gasteiger partial charge in [-0.2, -0.15) is 0 Å². The topological polar surface area (TPSA) is 17.1 Å². The van der Waals surface area contributed by atoms with Crippen molar-refractivity contribution in [1.82, 2.24) is 0 Å². The molecule has 0 aliphatic heterocycles. The van der Waals surface area contributed by atoms with Crippen LogP contribution in [-0.2, 0) is 4.79 Å². The molecule has 0 rings (SSSR count). The Kier molecular flexibility index (Phi) is 2.70. The normalized spacial score (nSPS) is 12.1. The van der Waals surface area contributed by atoms with Gasteiger partial charge in [0, 0.05) is 0 Å². The van der Waals surface area contributed by atoms with Gasteiger partial charge in [0.1, 0.15) is 0 Å². The van der Waals surface area contributed by atoms with Crippen LogP contribution in [0.1, 0.15) is 6.92 Å². The lowest BCUT2D eigenvalue weighted by Crippen LogP contribution is -2.04. The summed E-state index contributed by atoms with van der Waals surface area (Å²) in [6.45, 7) is 1.70. The number of alkyl halides is 1. The van der Waals surface area contributed by atoms with Crippen LogP contribution in [0.5, 0.6) is 0 Å². The second-order valence-electron chi connectivity index (χ2n) is 1.12. The van der Waals surface area contributed by atoms with E-state index in [0.717, 1.165) is 0 Å². The zero-order valence-electron chi connectivity index (χ0n) is 3.94. The van der Waals surface area contributed by atoms with E-state index < -0.39 is 0 Å². The molecular formula is C5H5BrO. The molecule has 1 unspecified atom stereocenters. The molecule has 0 aromatic heterocycles. The molecule has 0 aromatic carbocycles. The highest BCUT2D eigenvalue weighted by molar-refractivity contribution is 9.10. The summed E-state index contributed by atoms with van der Waals surface area (Å²) in [5.74, 6) is 1.77. The Bertz CT molecular complexity index is 110. The molecule has 0 aliphatic carbocycles. The molecule has 0 spiro atoms. The van der Waals surface area contributed by atoms with Crippen LogP contribution in [0.25, 0.3) is 0 Å². The Morgan fingerprint density at radius 1 is 2.00 bits per heavy atom. The summed E-state index contributed by atoms with van der Waals surface area (Å²) in [4.78, 5) is 10.0. The van der Waals surface area contributed by atoms with Crippen molar-refractivity contribution in [1.29, 1.82) is 0 Å². The van der Waals surface area contributed by atoms with Crippen LogP contribution in [0.4, 0.5) is 0 Å². The monoisotopic (exact) mass is 160 g/mol. The lowest BCUT2D eigenvalue weighted by atomic mass is 10.3. The van der Waals surface area contributed by atoms with Crippen LogP contribution in [0.15, 0.2) is 0 Å². The molecule has 38 valence electrons. The Labute approximate surface area is 51.2 Å². The first kappa shape index (κ1) is 6.71. The molecular weight excluding hydrogens is 156 g/mol. The fraction of sp³-hybridized carbons (Fsp3) is 0.400. The highest BCUT2D eigenvalue weighted by atomic mass is 79.9. The van der Waals surface area contributed by atoms with E-state index in [0.29, 0.717) is 0 Å². The molecule has 0 N–H and O–H groups in total. The number of terminal acetylenes is 1. The zero-order chi connectivity index (χ0) is 5.86. The number of hydrogen-bond donors (Lipinski definition) is 0. The van der Waals surface area contributed by atoms with Gasteiger partial charge in [-0.3, -0.25) is 4.79 Å². The van der Waals surface area contributed by atoms with E-state index in [9.17, 15) is 4.79 Å². The van der Waals surface area contributed by atoms with Crippen molar-refractivity contribution >= 4 is 21.7 Å². The SMILES string of the molecule is C#CC(=O)C(C)Br. The molecule has 0 saturated carbocycles. The zero-order valence-corrected chi connectivity index (χ0v) is 5.53. The van der Waals surface area contributed by atoms with Crippen molar-refractivity contribution in [2.24, 2.45) is 0 Å². The molecule has 1 nitrogen and oxygen atoms in total. The second-order valence-corrected chi connectivity index (χ2v) is 2.50. The van der Waals surface area contributed by atoms with Crippen LogP contribution < -0.4 is 0 Å². The molecule has 0 heterocycles. The standard InChI is InChI=1S/C5H5BrO/c1-3-5(7)4(2)6/h1,4H,2H3. The van der Waals surface area contributed by atoms with E-state index in [-0.39, 0.29) is 10.6 Å². The van der Waals surface area contributed by atoms with Gasteiger partial charge in [-0.05, 0) is 12.8 Å². The van der Waals surface area contributed by atoms with Gasteiger partial charge in [0.2, 0.25) is 5.78 Å². The Hall–Kier alpha value is -0.290. The van der Waals surface area contributed by atoms with Crippen molar-refractivity contribution in [3.63, 3.8) is 0 Å². The summed E-state index contributed by atoms with van der Waals surface area (Å²) >= 11 is 3.01. The highest BCUT2D eigenvalue weighted by Gasteiger charge is 2.01. The van der Waals surface area contributed by atoms with Gasteiger partial charge in [0.15, 0.2) is 0 Å². The molecule has 7 heavy (non-hydrogen) atoms. The third-order valence-electron chi connectivity index (χ3n) is 0.504. The first-order chi connectivity index (χ1) is 3.18. The lowest BCUT2D eigenvalue weighted by molar-refractivity contribution is -0.112. The summed E-state index contributed by atoms with van der Waals surface area (Å²) in [5.41, 5.74) is 0. The summed E-state index contributed by atoms with van der Waals surface area (Å²) in [6.07, 6.45) is 4.74. The van der Waals surface area contributed by atoms with E-state index in [4.69, 9.17) is 6.42 Å². The maximum Gasteiger partial charge on any atom is 0.218 e. The van der Waals surface area contributed by atoms with Crippen molar-refractivity contribution in [3.8, 4) is 12.3 Å². The van der Waals surface area contributed by atoms with Gasteiger partial charge in [-0.15, -0.1) is 6.42 Å². The van der Waals surface area contributed by atoms with Crippen LogP contribution >= 0.6 is 15.9 Å². The number of carbonyl (C=O) groups excluding carboxylic acids is 1. The third kappa shape index (κ3) is 2.41. The summed E-state index contributed by atoms with van der Waals surface area (Å²) in [5, 5.41) is 0. The predicted octanol–water partition coefficient (Wildman–Crippen LogP) is 0.972. The maximum absolute atomic E-state index is 10.2. The molecule has 1 atom stereocenters. The average Bonchev–Trinajstić information content (AvgIpc) is 1.65. The van der Waals surface area contributed by atoms with Crippen LogP contribution in [0.3, 0.4) is 0 Å². The maximum atomic E-state index is 10.2. The quantitative estimate of drug-likeness (QED) is 0.318. The van der Waals surface area contributed by atoms with Crippen LogP contribution in [0, 0.1) is 12.3 Å². The van der Waals surface area contributed by atoms with Gasteiger partial charge < -0.3 is 0 Å². The number of hydrogen-bond acceptors (Lipinski definition) is 1. The minimum absolute atomic E-state index is 0.197. The van der Waals surface area contributed by atoms with E-state index in [2.05, 4.69) is 15.9 Å². The van der Waals surface area contributed by atoms with Crippen molar-refractivity contribution in [2.75, 3.05) is 0 Å². The van der Waals surface area contributed by atoms with Gasteiger partial charge in [-0.1, -0.05) is 15.9 Å². The summed E-state index contributed by atoms with van der Waals surface area (Å²) in [6, 6.07) is 0. The Morgan fingerprint density at radius 3 is 2.43 bits per heavy atom. The smallest absolute Gasteiger partial charge is 0.218 e. The fourth-order valence-electron chi connectivity index (χ4n) is 0.115. The summed E-state index contributed by atoms with van der Waals surface area (Å²) in [7, 11) is 0. The molecule has 0 amide bonds. The molecule has 0 radical (unpaired) electrons. The molecule has 0 aliphatic rings. The molecule has 0 saturated heterocycles. The minimum atomic E-state index is -0.208. The first-order valence-electron chi connectivity index (χ1n) is 1.83. The van der Waals surface area contributed by atoms with Gasteiger partial charge in [0.25, 0.3) is 0 Å². The van der Waals surface area contributed by atoms with Crippen LogP contribution in [-0.4, -0.2) is 10.6 Å². The Morgan fingerprint density at radius 2 is 2.43 bits per heavy atom. The van der Waals surface area contributed by atoms with Crippen molar-refractivity contribution in [3.05, 3.63) is 0 Å². The Balaban J connectivity index is 3.64. The van der Waals surface area contributed by atoms with Gasteiger partial charge >= 0.3 is 0 Å². The lowest BCUT2D eigenvalue weighted by Gasteiger charge is -1.87. The number of ketones is 1. The molecule has 2 heteroatoms. The number of Topliss-reactive ketones (excluding diaryl/α,β-unsaturated/α-hetero) is 1. The van der Waals surface area contributed by atoms with E-state index in [1.807, 2.05) is 5.92 Å². The average molecular weight is 161 g/mol. The van der Waals surface area contributed by atoms with Crippen molar-refractivity contribution in [2.45, 2.75) is 11.8 Å². The molecule has 0 fully saturated rings. The predicted molar refractivity (Wildman–Crippen MR) is 32.2 cm³/mol. The van der Waals surface area contributed by atoms with Gasteiger partial charge in [0.05, 0.1) is 4.83 Å². The molecule has 0 aromatic rings. The number of carbonyl (C=O) groups is 1. The van der Waals surface area contributed by atoms with Gasteiger partial charge in [-0.25, -0.2) is 0 Å². The van der Waals surface area contributed by atoms with E-state index >= 15 is 0 Å².